The molecule has 1 aromatic heterocycles. The molecule has 1 aromatic carbocycles. The second-order valence-electron chi connectivity index (χ2n) is 9.03. The van der Waals surface area contributed by atoms with Gasteiger partial charge < -0.3 is 19.3 Å². The van der Waals surface area contributed by atoms with Crippen molar-refractivity contribution in [2.45, 2.75) is 51.6 Å². The van der Waals surface area contributed by atoms with Crippen LogP contribution in [0.1, 0.15) is 51.0 Å². The first-order valence-corrected chi connectivity index (χ1v) is 11.2. The fourth-order valence-electron chi connectivity index (χ4n) is 4.23. The molecule has 160 valence electrons. The molecule has 0 N–H and O–H groups in total. The average Bonchev–Trinajstić information content (AvgIpc) is 3.42. The molecular weight excluding hydrogens is 374 g/mol. The van der Waals surface area contributed by atoms with Crippen LogP contribution < -0.4 is 14.5 Å². The summed E-state index contributed by atoms with van der Waals surface area (Å²) >= 11 is 0. The van der Waals surface area contributed by atoms with Crippen LogP contribution in [0.15, 0.2) is 42.5 Å². The highest BCUT2D eigenvalue weighted by molar-refractivity contribution is 5.76. The van der Waals surface area contributed by atoms with Crippen molar-refractivity contribution >= 4 is 17.4 Å². The lowest BCUT2D eigenvalue weighted by atomic mass is 9.96. The first-order valence-electron chi connectivity index (χ1n) is 11.2. The van der Waals surface area contributed by atoms with Gasteiger partial charge in [0.05, 0.1) is 6.54 Å². The maximum absolute atomic E-state index is 11.3. The van der Waals surface area contributed by atoms with Crippen molar-refractivity contribution in [2.75, 3.05) is 36.5 Å². The van der Waals surface area contributed by atoms with Crippen LogP contribution in [0.4, 0.5) is 11.6 Å². The van der Waals surface area contributed by atoms with E-state index in [1.54, 1.807) is 6.92 Å². The van der Waals surface area contributed by atoms with Crippen molar-refractivity contribution < 1.29 is 9.53 Å². The van der Waals surface area contributed by atoms with E-state index in [4.69, 9.17) is 9.72 Å². The number of hydrogen-bond donors (Lipinski definition) is 0. The van der Waals surface area contributed by atoms with Crippen LogP contribution in [-0.2, 0) is 4.79 Å². The summed E-state index contributed by atoms with van der Waals surface area (Å²) < 4.78 is 6.23. The van der Waals surface area contributed by atoms with Gasteiger partial charge in [0.2, 0.25) is 0 Å². The second-order valence-corrected chi connectivity index (χ2v) is 9.03. The smallest absolute Gasteiger partial charge is 0.131 e. The molecule has 2 aliphatic rings. The summed E-state index contributed by atoms with van der Waals surface area (Å²) in [5.74, 6) is 4.31. The Labute approximate surface area is 180 Å². The normalized spacial score (nSPS) is 19.6. The van der Waals surface area contributed by atoms with E-state index in [9.17, 15) is 4.79 Å². The molecule has 0 spiro atoms. The Hall–Kier alpha value is -2.56. The van der Waals surface area contributed by atoms with E-state index >= 15 is 0 Å². The molecular formula is C25H33N3O2. The van der Waals surface area contributed by atoms with Crippen LogP contribution in [0.5, 0.6) is 5.75 Å². The lowest BCUT2D eigenvalue weighted by molar-refractivity contribution is -0.117. The predicted octanol–water partition coefficient (Wildman–Crippen LogP) is 4.67. The van der Waals surface area contributed by atoms with Gasteiger partial charge in [-0.05, 0) is 61.4 Å². The van der Waals surface area contributed by atoms with Crippen LogP contribution >= 0.6 is 0 Å². The zero-order valence-electron chi connectivity index (χ0n) is 18.4. The number of pyridine rings is 1. The van der Waals surface area contributed by atoms with Crippen molar-refractivity contribution in [3.05, 3.63) is 48.0 Å². The zero-order valence-corrected chi connectivity index (χ0v) is 18.4. The Morgan fingerprint density at radius 3 is 2.67 bits per heavy atom. The highest BCUT2D eigenvalue weighted by Gasteiger charge is 2.26. The van der Waals surface area contributed by atoms with Crippen LogP contribution in [0.2, 0.25) is 0 Å². The minimum atomic E-state index is 0.167. The largest absolute Gasteiger partial charge is 0.489 e. The Bertz CT molecular complexity index is 863. The van der Waals surface area contributed by atoms with E-state index in [-0.39, 0.29) is 17.8 Å². The van der Waals surface area contributed by atoms with Crippen molar-refractivity contribution in [1.29, 1.82) is 0 Å². The highest BCUT2D eigenvalue weighted by Crippen LogP contribution is 2.31. The quantitative estimate of drug-likeness (QED) is 0.605. The van der Waals surface area contributed by atoms with Gasteiger partial charge in [-0.15, -0.1) is 0 Å². The van der Waals surface area contributed by atoms with Crippen molar-refractivity contribution in [3.63, 3.8) is 0 Å². The molecule has 1 aliphatic heterocycles. The number of anilines is 2. The summed E-state index contributed by atoms with van der Waals surface area (Å²) in [7, 11) is 2.14. The molecule has 1 saturated carbocycles. The summed E-state index contributed by atoms with van der Waals surface area (Å²) in [5.41, 5.74) is 1.18. The minimum Gasteiger partial charge on any atom is -0.489 e. The number of hydrogen-bond acceptors (Lipinski definition) is 5. The number of benzene rings is 1. The van der Waals surface area contributed by atoms with Crippen LogP contribution in [-0.4, -0.2) is 43.6 Å². The zero-order chi connectivity index (χ0) is 21.1. The van der Waals surface area contributed by atoms with Crippen molar-refractivity contribution in [1.82, 2.24) is 4.98 Å². The summed E-state index contributed by atoms with van der Waals surface area (Å²) in [5, 5.41) is 0. The number of nitrogens with zero attached hydrogens (tertiary/aromatic N) is 3. The molecule has 2 heterocycles. The molecule has 0 bridgehead atoms. The van der Waals surface area contributed by atoms with Gasteiger partial charge in [-0.2, -0.15) is 0 Å². The number of ether oxygens (including phenoxy) is 1. The van der Waals surface area contributed by atoms with E-state index in [1.165, 1.54) is 18.4 Å². The fourth-order valence-corrected chi connectivity index (χ4v) is 4.23. The Kier molecular flexibility index (Phi) is 6.26. The lowest BCUT2D eigenvalue weighted by Gasteiger charge is -2.22. The van der Waals surface area contributed by atoms with E-state index < -0.39 is 0 Å². The molecule has 4 rings (SSSR count). The van der Waals surface area contributed by atoms with E-state index in [0.29, 0.717) is 6.42 Å². The highest BCUT2D eigenvalue weighted by atomic mass is 16.5. The Morgan fingerprint density at radius 1 is 1.20 bits per heavy atom. The number of rotatable bonds is 9. The predicted molar refractivity (Wildman–Crippen MR) is 122 cm³/mol. The van der Waals surface area contributed by atoms with Crippen LogP contribution in [0.25, 0.3) is 0 Å². The summed E-state index contributed by atoms with van der Waals surface area (Å²) in [4.78, 5) is 20.8. The molecule has 1 aliphatic carbocycles. The molecule has 2 aromatic rings. The number of ketones is 1. The molecule has 0 radical (unpaired) electrons. The van der Waals surface area contributed by atoms with Gasteiger partial charge in [0.15, 0.2) is 0 Å². The molecule has 1 saturated heterocycles. The molecule has 2 atom stereocenters. The first-order chi connectivity index (χ1) is 14.5. The van der Waals surface area contributed by atoms with E-state index in [2.05, 4.69) is 54.1 Å². The van der Waals surface area contributed by atoms with Gasteiger partial charge >= 0.3 is 0 Å². The van der Waals surface area contributed by atoms with Gasteiger partial charge in [0.25, 0.3) is 0 Å². The topological polar surface area (TPSA) is 45.7 Å². The third-order valence-corrected chi connectivity index (χ3v) is 6.15. The van der Waals surface area contributed by atoms with Gasteiger partial charge in [-0.3, -0.25) is 0 Å². The van der Waals surface area contributed by atoms with Gasteiger partial charge in [0.1, 0.15) is 29.3 Å². The Balaban J connectivity index is 1.33. The maximum atomic E-state index is 11.3. The van der Waals surface area contributed by atoms with Gasteiger partial charge in [-0.1, -0.05) is 25.1 Å². The summed E-state index contributed by atoms with van der Waals surface area (Å²) in [6, 6.07) is 14.5. The lowest BCUT2D eigenvalue weighted by Crippen LogP contribution is -2.26. The van der Waals surface area contributed by atoms with Gasteiger partial charge in [0, 0.05) is 33.0 Å². The maximum Gasteiger partial charge on any atom is 0.131 e. The number of aromatic nitrogens is 1. The van der Waals surface area contributed by atoms with Crippen molar-refractivity contribution in [2.24, 2.45) is 5.92 Å². The van der Waals surface area contributed by atoms with Gasteiger partial charge in [-0.25, -0.2) is 4.98 Å². The molecule has 5 nitrogen and oxygen atoms in total. The summed E-state index contributed by atoms with van der Waals surface area (Å²) in [6.45, 7) is 6.65. The van der Waals surface area contributed by atoms with Crippen LogP contribution in [0, 0.1) is 5.92 Å². The molecule has 30 heavy (non-hydrogen) atoms. The number of Topliss-reactive ketones (excluding diaryl/α,β-unsaturated/α-hetero) is 1. The first kappa shape index (κ1) is 20.7. The Morgan fingerprint density at radius 2 is 1.97 bits per heavy atom. The molecule has 0 unspecified atom stereocenters. The SMILES string of the molecule is CC(=O)C[C@@H](C)c1ccc(O[C@@H]2CCN(c3cccc(N(C)CC4CC4)n3)C2)cc1. The number of carbonyl (C=O) groups is 1. The molecule has 2 fully saturated rings. The number of carbonyl (C=O) groups excluding carboxylic acids is 1. The average molecular weight is 408 g/mol. The van der Waals surface area contributed by atoms with E-state index in [0.717, 1.165) is 49.4 Å². The monoisotopic (exact) mass is 407 g/mol. The second kappa shape index (κ2) is 9.07. The van der Waals surface area contributed by atoms with Crippen molar-refractivity contribution in [3.8, 4) is 5.75 Å². The third-order valence-electron chi connectivity index (χ3n) is 6.15. The standard InChI is InChI=1S/C25H33N3O2/c1-18(15-19(2)29)21-9-11-22(12-10-21)30-23-13-14-28(17-23)25-6-4-5-24(26-25)27(3)16-20-7-8-20/h4-6,9-12,18,20,23H,7-8,13-17H2,1-3H3/t18-,23-/m1/s1. The minimum absolute atomic E-state index is 0.167. The third kappa shape index (κ3) is 5.32. The van der Waals surface area contributed by atoms with Crippen LogP contribution in [0.3, 0.4) is 0 Å². The molecule has 0 amide bonds. The van der Waals surface area contributed by atoms with E-state index in [1.807, 2.05) is 12.1 Å². The fraction of sp³-hybridized carbons (Fsp3) is 0.520. The molecule has 5 heteroatoms. The summed E-state index contributed by atoms with van der Waals surface area (Å²) in [6.07, 6.45) is 4.45.